The number of benzene rings is 3. The van der Waals surface area contributed by atoms with E-state index in [2.05, 4.69) is 18.8 Å². The van der Waals surface area contributed by atoms with E-state index in [1.54, 1.807) is 18.2 Å². The highest BCUT2D eigenvalue weighted by Gasteiger charge is 2.27. The summed E-state index contributed by atoms with van der Waals surface area (Å²) in [6.45, 7) is 2.16. The molecule has 4 rings (SSSR count). The number of phenolic OH excluding ortho intramolecular Hbond substituents is 2. The Labute approximate surface area is 219 Å². The van der Waals surface area contributed by atoms with Gasteiger partial charge in [0.2, 0.25) is 0 Å². The first-order valence-corrected chi connectivity index (χ1v) is 13.4. The minimum Gasteiger partial charge on any atom is -0.508 e. The summed E-state index contributed by atoms with van der Waals surface area (Å²) in [5.41, 5.74) is 2.60. The van der Waals surface area contributed by atoms with Crippen LogP contribution in [0.1, 0.15) is 57.4 Å². The van der Waals surface area contributed by atoms with Gasteiger partial charge in [0, 0.05) is 23.8 Å². The molecule has 4 atom stereocenters. The van der Waals surface area contributed by atoms with E-state index in [9.17, 15) is 20.4 Å². The molecule has 37 heavy (non-hydrogen) atoms. The topological polar surface area (TPSA) is 90.2 Å². The van der Waals surface area contributed by atoms with Crippen LogP contribution in [0.3, 0.4) is 0 Å². The Bertz CT molecular complexity index is 1270. The summed E-state index contributed by atoms with van der Waals surface area (Å²) in [7, 11) is 1.54. The highest BCUT2D eigenvalue weighted by Crippen LogP contribution is 2.42. The van der Waals surface area contributed by atoms with Gasteiger partial charge >= 0.3 is 0 Å². The Morgan fingerprint density at radius 3 is 2.54 bits per heavy atom. The molecule has 4 N–H and O–H groups in total. The molecule has 0 spiro atoms. The van der Waals surface area contributed by atoms with Crippen molar-refractivity contribution in [2.75, 3.05) is 7.11 Å². The van der Waals surface area contributed by atoms with Crippen molar-refractivity contribution in [3.8, 4) is 40.2 Å². The van der Waals surface area contributed by atoms with Crippen LogP contribution in [0.5, 0.6) is 17.2 Å². The first kappa shape index (κ1) is 26.9. The van der Waals surface area contributed by atoms with Crippen LogP contribution in [0.4, 0.5) is 0 Å². The average molecular weight is 503 g/mol. The fraction of sp³-hybridized carbons (Fsp3) is 0.438. The third-order valence-corrected chi connectivity index (χ3v) is 7.68. The molecule has 3 aromatic carbocycles. The molecule has 3 aromatic rings. The van der Waals surface area contributed by atoms with Crippen LogP contribution < -0.4 is 4.74 Å². The molecular formula is C32H38O5. The average Bonchev–Trinajstić information content (AvgIpc) is 2.90. The van der Waals surface area contributed by atoms with Crippen molar-refractivity contribution in [2.45, 2.75) is 70.5 Å². The number of phenols is 2. The number of aliphatic hydroxyl groups is 2. The zero-order valence-corrected chi connectivity index (χ0v) is 21.8. The van der Waals surface area contributed by atoms with Crippen LogP contribution in [-0.4, -0.2) is 39.7 Å². The number of methoxy groups -OCH3 is 1. The van der Waals surface area contributed by atoms with E-state index < -0.39 is 12.2 Å². The summed E-state index contributed by atoms with van der Waals surface area (Å²) in [4.78, 5) is 0. The smallest absolute Gasteiger partial charge is 0.168 e. The molecule has 0 aromatic heterocycles. The van der Waals surface area contributed by atoms with Crippen molar-refractivity contribution >= 4 is 10.8 Å². The highest BCUT2D eigenvalue weighted by atomic mass is 16.5. The van der Waals surface area contributed by atoms with E-state index in [0.29, 0.717) is 37.4 Å². The SMILES string of the molecule is CC[C@H]1C#CC[C@H]([C@H](O)CCc2ccc(O)c(OC)c2-c2ccc3cc(O)ccc3c2)[C@@H](O)CCCC1. The van der Waals surface area contributed by atoms with Crippen molar-refractivity contribution < 1.29 is 25.2 Å². The Hall–Kier alpha value is -3.20. The lowest BCUT2D eigenvalue weighted by molar-refractivity contribution is 0.00561. The molecule has 0 aliphatic heterocycles. The van der Waals surface area contributed by atoms with Crippen LogP contribution in [-0.2, 0) is 6.42 Å². The quantitative estimate of drug-likeness (QED) is 0.289. The van der Waals surface area contributed by atoms with Crippen molar-refractivity contribution in [3.05, 3.63) is 54.1 Å². The summed E-state index contributed by atoms with van der Waals surface area (Å²) < 4.78 is 5.61. The molecule has 0 unspecified atom stereocenters. The molecule has 0 saturated heterocycles. The predicted molar refractivity (Wildman–Crippen MR) is 148 cm³/mol. The van der Waals surface area contributed by atoms with Crippen molar-refractivity contribution in [1.29, 1.82) is 0 Å². The fourth-order valence-electron chi connectivity index (χ4n) is 5.44. The molecule has 1 aliphatic carbocycles. The van der Waals surface area contributed by atoms with Gasteiger partial charge < -0.3 is 25.2 Å². The van der Waals surface area contributed by atoms with Gasteiger partial charge in [-0.1, -0.05) is 50.0 Å². The van der Waals surface area contributed by atoms with E-state index in [0.717, 1.165) is 53.1 Å². The number of ether oxygens (including phenoxy) is 1. The van der Waals surface area contributed by atoms with Crippen LogP contribution in [0.15, 0.2) is 48.5 Å². The van der Waals surface area contributed by atoms with E-state index in [1.807, 2.05) is 30.3 Å². The normalized spacial score (nSPS) is 21.1. The molecule has 1 aliphatic rings. The first-order valence-electron chi connectivity index (χ1n) is 13.4. The summed E-state index contributed by atoms with van der Waals surface area (Å²) >= 11 is 0. The van der Waals surface area contributed by atoms with E-state index >= 15 is 0 Å². The van der Waals surface area contributed by atoms with Crippen molar-refractivity contribution in [2.24, 2.45) is 11.8 Å². The van der Waals surface area contributed by atoms with Crippen molar-refractivity contribution in [1.82, 2.24) is 0 Å². The summed E-state index contributed by atoms with van der Waals surface area (Å²) in [5, 5.41) is 44.3. The Balaban J connectivity index is 1.60. The molecule has 5 nitrogen and oxygen atoms in total. The molecule has 0 saturated carbocycles. The second kappa shape index (κ2) is 12.4. The first-order chi connectivity index (χ1) is 17.9. The van der Waals surface area contributed by atoms with E-state index in [-0.39, 0.29) is 17.4 Å². The second-order valence-corrected chi connectivity index (χ2v) is 10.2. The highest BCUT2D eigenvalue weighted by molar-refractivity contribution is 5.90. The van der Waals surface area contributed by atoms with E-state index in [4.69, 9.17) is 4.74 Å². The maximum Gasteiger partial charge on any atom is 0.168 e. The second-order valence-electron chi connectivity index (χ2n) is 10.2. The van der Waals surface area contributed by atoms with Gasteiger partial charge in [-0.15, -0.1) is 5.92 Å². The number of aromatic hydroxyl groups is 2. The molecule has 0 fully saturated rings. The predicted octanol–water partition coefficient (Wildman–Crippen LogP) is 6.19. The Morgan fingerprint density at radius 1 is 1.00 bits per heavy atom. The van der Waals surface area contributed by atoms with Gasteiger partial charge in [0.25, 0.3) is 0 Å². The number of aliphatic hydroxyl groups excluding tert-OH is 2. The number of hydrogen-bond acceptors (Lipinski definition) is 5. The van der Waals surface area contributed by atoms with Crippen LogP contribution in [0.2, 0.25) is 0 Å². The van der Waals surface area contributed by atoms with Gasteiger partial charge in [0.05, 0.1) is 19.3 Å². The lowest BCUT2D eigenvalue weighted by atomic mass is 9.84. The van der Waals surface area contributed by atoms with Crippen molar-refractivity contribution in [3.63, 3.8) is 0 Å². The Morgan fingerprint density at radius 2 is 1.76 bits per heavy atom. The fourth-order valence-corrected chi connectivity index (χ4v) is 5.44. The number of hydrogen-bond donors (Lipinski definition) is 4. The van der Waals surface area contributed by atoms with Gasteiger partial charge in [-0.25, -0.2) is 0 Å². The van der Waals surface area contributed by atoms with Crippen LogP contribution >= 0.6 is 0 Å². The standard InChI is InChI=1S/C32H38O5/c1-3-21-7-4-5-10-28(34)27(9-6-8-21)29(35)17-14-22-15-18-30(36)32(37-2)31(22)25-12-11-24-20-26(33)16-13-23(24)19-25/h11-13,15-16,18-21,27-29,33-36H,3-5,7,9-10,14,17H2,1-2H3/t21-,27+,28+,29-/m1/s1. The van der Waals surface area contributed by atoms with Crippen LogP contribution in [0, 0.1) is 23.7 Å². The van der Waals surface area contributed by atoms with Gasteiger partial charge in [-0.05, 0) is 78.3 Å². The third kappa shape index (κ3) is 6.39. The largest absolute Gasteiger partial charge is 0.508 e. The zero-order valence-electron chi connectivity index (χ0n) is 21.8. The summed E-state index contributed by atoms with van der Waals surface area (Å²) in [6.07, 6.45) is 5.01. The molecule has 196 valence electrons. The van der Waals surface area contributed by atoms with Gasteiger partial charge in [0.1, 0.15) is 5.75 Å². The monoisotopic (exact) mass is 502 g/mol. The third-order valence-electron chi connectivity index (χ3n) is 7.68. The van der Waals surface area contributed by atoms with Gasteiger partial charge in [-0.2, -0.15) is 0 Å². The number of fused-ring (bicyclic) bond motifs is 1. The number of rotatable bonds is 7. The minimum atomic E-state index is -0.698. The molecule has 0 amide bonds. The maximum atomic E-state index is 11.2. The molecule has 0 bridgehead atoms. The lowest BCUT2D eigenvalue weighted by Gasteiger charge is -2.27. The van der Waals surface area contributed by atoms with Gasteiger partial charge in [0.15, 0.2) is 11.5 Å². The zero-order chi connectivity index (χ0) is 26.4. The molecular weight excluding hydrogens is 464 g/mol. The molecule has 0 heterocycles. The Kier molecular flexibility index (Phi) is 8.97. The minimum absolute atomic E-state index is 0.0520. The summed E-state index contributed by atoms with van der Waals surface area (Å²) in [5.74, 6) is 7.37. The molecule has 5 heteroatoms. The number of aryl methyl sites for hydroxylation is 1. The lowest BCUT2D eigenvalue weighted by Crippen LogP contribution is -2.32. The van der Waals surface area contributed by atoms with Crippen LogP contribution in [0.25, 0.3) is 21.9 Å². The van der Waals surface area contributed by atoms with E-state index in [1.165, 1.54) is 7.11 Å². The maximum absolute atomic E-state index is 11.2. The molecule has 0 radical (unpaired) electrons. The summed E-state index contributed by atoms with van der Waals surface area (Å²) in [6, 6.07) is 14.6. The van der Waals surface area contributed by atoms with Gasteiger partial charge in [-0.3, -0.25) is 0 Å².